The van der Waals surface area contributed by atoms with Gasteiger partial charge >= 0.3 is 5.97 Å². The molecule has 2 heterocycles. The van der Waals surface area contributed by atoms with E-state index in [4.69, 9.17) is 5.11 Å². The van der Waals surface area contributed by atoms with Crippen LogP contribution in [0.2, 0.25) is 0 Å². The highest BCUT2D eigenvalue weighted by molar-refractivity contribution is 5.87. The van der Waals surface area contributed by atoms with E-state index >= 15 is 0 Å². The Balaban J connectivity index is 2.06. The van der Waals surface area contributed by atoms with Crippen molar-refractivity contribution in [2.75, 3.05) is 0 Å². The van der Waals surface area contributed by atoms with E-state index in [1.807, 2.05) is 6.07 Å². The predicted octanol–water partition coefficient (Wildman–Crippen LogP) is 1.69. The summed E-state index contributed by atoms with van der Waals surface area (Å²) < 4.78 is 1.55. The van der Waals surface area contributed by atoms with Crippen LogP contribution in [0.3, 0.4) is 0 Å². The standard InChI is InChI=1S/C11H11N3O2/c15-11(16)8-5-12-10-4-9(7-2-1-3-7)13-14(10)6-8/h4-7H,1-3H2,(H,15,16). The molecule has 1 fully saturated rings. The third kappa shape index (κ3) is 1.36. The molecular weight excluding hydrogens is 206 g/mol. The minimum atomic E-state index is -0.977. The van der Waals surface area contributed by atoms with E-state index in [0.717, 1.165) is 5.69 Å². The van der Waals surface area contributed by atoms with Gasteiger partial charge in [-0.3, -0.25) is 0 Å². The van der Waals surface area contributed by atoms with Gasteiger partial charge in [-0.15, -0.1) is 0 Å². The molecule has 0 saturated heterocycles. The van der Waals surface area contributed by atoms with Crippen molar-refractivity contribution >= 4 is 11.6 Å². The van der Waals surface area contributed by atoms with E-state index < -0.39 is 5.97 Å². The van der Waals surface area contributed by atoms with Gasteiger partial charge in [0.15, 0.2) is 5.65 Å². The second-order valence-electron chi connectivity index (χ2n) is 4.15. The molecule has 1 aliphatic carbocycles. The molecule has 16 heavy (non-hydrogen) atoms. The fraction of sp³-hybridized carbons (Fsp3) is 0.364. The van der Waals surface area contributed by atoms with Gasteiger partial charge in [0, 0.05) is 24.4 Å². The summed E-state index contributed by atoms with van der Waals surface area (Å²) in [6.07, 6.45) is 6.48. The molecule has 1 aliphatic rings. The Hall–Kier alpha value is -1.91. The Kier molecular flexibility index (Phi) is 1.92. The third-order valence-electron chi connectivity index (χ3n) is 3.10. The van der Waals surface area contributed by atoms with Crippen LogP contribution >= 0.6 is 0 Å². The van der Waals surface area contributed by atoms with Crippen molar-refractivity contribution in [1.82, 2.24) is 14.6 Å². The average Bonchev–Trinajstić information content (AvgIpc) is 2.56. The van der Waals surface area contributed by atoms with Crippen LogP contribution in [0.5, 0.6) is 0 Å². The molecule has 0 amide bonds. The Bertz CT molecular complexity index is 557. The maximum absolute atomic E-state index is 10.8. The summed E-state index contributed by atoms with van der Waals surface area (Å²) in [7, 11) is 0. The second kappa shape index (κ2) is 3.30. The average molecular weight is 217 g/mol. The van der Waals surface area contributed by atoms with Crippen molar-refractivity contribution in [3.05, 3.63) is 29.7 Å². The van der Waals surface area contributed by atoms with Crippen LogP contribution in [0, 0.1) is 0 Å². The van der Waals surface area contributed by atoms with Crippen LogP contribution in [0.1, 0.15) is 41.2 Å². The molecule has 82 valence electrons. The number of hydrogen-bond donors (Lipinski definition) is 1. The Morgan fingerprint density at radius 2 is 2.31 bits per heavy atom. The van der Waals surface area contributed by atoms with Crippen molar-refractivity contribution in [3.63, 3.8) is 0 Å². The molecule has 0 unspecified atom stereocenters. The van der Waals surface area contributed by atoms with Gasteiger partial charge in [0.1, 0.15) is 0 Å². The summed E-state index contributed by atoms with van der Waals surface area (Å²) in [6, 6.07) is 1.94. The topological polar surface area (TPSA) is 67.5 Å². The van der Waals surface area contributed by atoms with Gasteiger partial charge in [0.05, 0.1) is 11.3 Å². The summed E-state index contributed by atoms with van der Waals surface area (Å²) in [5.74, 6) is -0.440. The van der Waals surface area contributed by atoms with Crippen LogP contribution in [0.4, 0.5) is 0 Å². The number of carboxylic acid groups (broad SMARTS) is 1. The fourth-order valence-electron chi connectivity index (χ4n) is 1.91. The molecule has 5 nitrogen and oxygen atoms in total. The first-order valence-electron chi connectivity index (χ1n) is 5.32. The van der Waals surface area contributed by atoms with Crippen LogP contribution in [-0.2, 0) is 0 Å². The number of hydrogen-bond acceptors (Lipinski definition) is 3. The Morgan fingerprint density at radius 1 is 1.50 bits per heavy atom. The lowest BCUT2D eigenvalue weighted by Gasteiger charge is -2.22. The van der Waals surface area contributed by atoms with Crippen molar-refractivity contribution < 1.29 is 9.90 Å². The highest BCUT2D eigenvalue weighted by Gasteiger charge is 2.22. The van der Waals surface area contributed by atoms with Crippen molar-refractivity contribution in [2.45, 2.75) is 25.2 Å². The number of carbonyl (C=O) groups is 1. The number of aromatic nitrogens is 3. The predicted molar refractivity (Wildman–Crippen MR) is 56.5 cm³/mol. The molecule has 2 aromatic rings. The Morgan fingerprint density at radius 3 is 2.94 bits per heavy atom. The molecule has 3 rings (SSSR count). The number of carboxylic acids is 1. The molecule has 1 saturated carbocycles. The second-order valence-corrected chi connectivity index (χ2v) is 4.15. The monoisotopic (exact) mass is 217 g/mol. The highest BCUT2D eigenvalue weighted by Crippen LogP contribution is 2.35. The summed E-state index contributed by atoms with van der Waals surface area (Å²) in [4.78, 5) is 14.9. The number of rotatable bonds is 2. The summed E-state index contributed by atoms with van der Waals surface area (Å²) in [6.45, 7) is 0. The first-order valence-corrected chi connectivity index (χ1v) is 5.32. The largest absolute Gasteiger partial charge is 0.478 e. The smallest absolute Gasteiger partial charge is 0.338 e. The van der Waals surface area contributed by atoms with Crippen molar-refractivity contribution in [1.29, 1.82) is 0 Å². The minimum Gasteiger partial charge on any atom is -0.478 e. The van der Waals surface area contributed by atoms with E-state index in [9.17, 15) is 4.79 Å². The number of aromatic carboxylic acids is 1. The van der Waals surface area contributed by atoms with Crippen LogP contribution in [-0.4, -0.2) is 25.7 Å². The Labute approximate surface area is 91.7 Å². The third-order valence-corrected chi connectivity index (χ3v) is 3.10. The van der Waals surface area contributed by atoms with Gasteiger partial charge in [-0.1, -0.05) is 6.42 Å². The molecule has 0 radical (unpaired) electrons. The minimum absolute atomic E-state index is 0.163. The van der Waals surface area contributed by atoms with Crippen molar-refractivity contribution in [3.8, 4) is 0 Å². The molecule has 0 spiro atoms. The zero-order valence-electron chi connectivity index (χ0n) is 8.63. The van der Waals surface area contributed by atoms with Gasteiger partial charge in [-0.2, -0.15) is 5.10 Å². The van der Waals surface area contributed by atoms with E-state index in [-0.39, 0.29) is 5.56 Å². The number of nitrogens with zero attached hydrogens (tertiary/aromatic N) is 3. The molecule has 0 bridgehead atoms. The maximum atomic E-state index is 10.8. The quantitative estimate of drug-likeness (QED) is 0.831. The molecule has 2 aromatic heterocycles. The lowest BCUT2D eigenvalue weighted by atomic mass is 9.83. The molecule has 5 heteroatoms. The summed E-state index contributed by atoms with van der Waals surface area (Å²) in [5, 5.41) is 13.2. The normalized spacial score (nSPS) is 16.2. The van der Waals surface area contributed by atoms with E-state index in [0.29, 0.717) is 11.6 Å². The van der Waals surface area contributed by atoms with Gasteiger partial charge < -0.3 is 5.11 Å². The van der Waals surface area contributed by atoms with Gasteiger partial charge in [-0.25, -0.2) is 14.3 Å². The summed E-state index contributed by atoms with van der Waals surface area (Å²) >= 11 is 0. The SMILES string of the molecule is O=C(O)c1cnc2cc(C3CCC3)nn2c1. The van der Waals surface area contributed by atoms with E-state index in [2.05, 4.69) is 10.1 Å². The lowest BCUT2D eigenvalue weighted by molar-refractivity contribution is 0.0695. The molecule has 0 atom stereocenters. The maximum Gasteiger partial charge on any atom is 0.338 e. The fourth-order valence-corrected chi connectivity index (χ4v) is 1.91. The van der Waals surface area contributed by atoms with Crippen LogP contribution < -0.4 is 0 Å². The van der Waals surface area contributed by atoms with E-state index in [1.54, 1.807) is 4.52 Å². The van der Waals surface area contributed by atoms with Crippen molar-refractivity contribution in [2.24, 2.45) is 0 Å². The van der Waals surface area contributed by atoms with E-state index in [1.165, 1.54) is 31.7 Å². The first-order chi connectivity index (χ1) is 7.74. The zero-order chi connectivity index (χ0) is 11.1. The molecule has 0 aliphatic heterocycles. The van der Waals surface area contributed by atoms with Gasteiger partial charge in [0.25, 0.3) is 0 Å². The highest BCUT2D eigenvalue weighted by atomic mass is 16.4. The first kappa shape index (κ1) is 9.33. The summed E-state index contributed by atoms with van der Waals surface area (Å²) in [5.41, 5.74) is 1.91. The lowest BCUT2D eigenvalue weighted by Crippen LogP contribution is -2.09. The van der Waals surface area contributed by atoms with Crippen LogP contribution in [0.25, 0.3) is 5.65 Å². The zero-order valence-corrected chi connectivity index (χ0v) is 8.63. The molecule has 0 aromatic carbocycles. The van der Waals surface area contributed by atoms with Gasteiger partial charge in [-0.05, 0) is 12.8 Å². The van der Waals surface area contributed by atoms with Crippen LogP contribution in [0.15, 0.2) is 18.5 Å². The van der Waals surface area contributed by atoms with Gasteiger partial charge in [0.2, 0.25) is 0 Å². The molecule has 1 N–H and O–H groups in total. The number of fused-ring (bicyclic) bond motifs is 1. The molecular formula is C11H11N3O2.